The first-order chi connectivity index (χ1) is 9.04. The van der Waals surface area contributed by atoms with Gasteiger partial charge in [0.05, 0.1) is 11.6 Å². The number of fused-ring (bicyclic) bond motifs is 1. The molecule has 1 aliphatic rings. The number of carbonyl (C=O) groups is 1. The number of aliphatic hydroxyl groups excluding tert-OH is 1. The van der Waals surface area contributed by atoms with E-state index in [1.807, 2.05) is 0 Å². The Labute approximate surface area is 117 Å². The van der Waals surface area contributed by atoms with E-state index in [9.17, 15) is 14.3 Å². The summed E-state index contributed by atoms with van der Waals surface area (Å²) in [6, 6.07) is 4.61. The maximum atomic E-state index is 13.7. The molecule has 0 aliphatic carbocycles. The quantitative estimate of drug-likeness (QED) is 0.844. The summed E-state index contributed by atoms with van der Waals surface area (Å²) in [7, 11) is 0. The van der Waals surface area contributed by atoms with Crippen molar-refractivity contribution >= 4 is 32.7 Å². The molecule has 1 atom stereocenters. The van der Waals surface area contributed by atoms with Crippen molar-refractivity contribution in [1.29, 1.82) is 0 Å². The smallest absolute Gasteiger partial charge is 0.270 e. The van der Waals surface area contributed by atoms with Gasteiger partial charge in [-0.25, -0.2) is 4.39 Å². The van der Waals surface area contributed by atoms with E-state index in [1.54, 1.807) is 11.0 Å². The lowest BCUT2D eigenvalue weighted by Gasteiger charge is -2.13. The van der Waals surface area contributed by atoms with Crippen molar-refractivity contribution in [1.82, 2.24) is 9.88 Å². The van der Waals surface area contributed by atoms with Gasteiger partial charge in [-0.15, -0.1) is 0 Å². The molecule has 0 spiro atoms. The number of hydrogen-bond donors (Lipinski definition) is 2. The average molecular weight is 327 g/mol. The summed E-state index contributed by atoms with van der Waals surface area (Å²) in [5, 5.41) is 9.84. The van der Waals surface area contributed by atoms with E-state index >= 15 is 0 Å². The molecule has 1 amide bonds. The number of aromatic nitrogens is 1. The van der Waals surface area contributed by atoms with E-state index in [0.29, 0.717) is 40.6 Å². The zero-order valence-corrected chi connectivity index (χ0v) is 11.6. The van der Waals surface area contributed by atoms with Crippen molar-refractivity contribution in [3.8, 4) is 0 Å². The lowest BCUT2D eigenvalue weighted by atomic mass is 10.2. The zero-order valence-electron chi connectivity index (χ0n) is 9.99. The second-order valence-corrected chi connectivity index (χ2v) is 5.64. The number of hydrogen-bond acceptors (Lipinski definition) is 2. The molecule has 0 saturated carbocycles. The highest BCUT2D eigenvalue weighted by Crippen LogP contribution is 2.25. The van der Waals surface area contributed by atoms with Gasteiger partial charge in [0.15, 0.2) is 0 Å². The molecule has 1 aliphatic heterocycles. The molecule has 0 radical (unpaired) electrons. The third-order valence-corrected chi connectivity index (χ3v) is 3.79. The third kappa shape index (κ3) is 2.26. The first-order valence-corrected chi connectivity index (χ1v) is 6.79. The molecule has 19 heavy (non-hydrogen) atoms. The molecule has 1 aromatic heterocycles. The Morgan fingerprint density at radius 3 is 2.95 bits per heavy atom. The SMILES string of the molecule is O=C(c1cc2c(F)cc(Br)cc2[nH]1)N1CC[C@@H](O)C1. The predicted molar refractivity (Wildman–Crippen MR) is 72.5 cm³/mol. The van der Waals surface area contributed by atoms with Crippen molar-refractivity contribution in [3.05, 3.63) is 34.2 Å². The van der Waals surface area contributed by atoms with Crippen LogP contribution >= 0.6 is 15.9 Å². The van der Waals surface area contributed by atoms with Gasteiger partial charge < -0.3 is 15.0 Å². The minimum absolute atomic E-state index is 0.205. The number of rotatable bonds is 1. The maximum absolute atomic E-state index is 13.7. The predicted octanol–water partition coefficient (Wildman–Crippen LogP) is 2.28. The summed E-state index contributed by atoms with van der Waals surface area (Å²) >= 11 is 3.22. The molecule has 6 heteroatoms. The number of likely N-dealkylation sites (tertiary alicyclic amines) is 1. The summed E-state index contributed by atoms with van der Waals surface area (Å²) in [6.45, 7) is 0.863. The highest BCUT2D eigenvalue weighted by molar-refractivity contribution is 9.10. The lowest BCUT2D eigenvalue weighted by molar-refractivity contribution is 0.0760. The Morgan fingerprint density at radius 1 is 1.47 bits per heavy atom. The molecule has 0 bridgehead atoms. The van der Waals surface area contributed by atoms with Crippen molar-refractivity contribution in [2.75, 3.05) is 13.1 Å². The number of carbonyl (C=O) groups excluding carboxylic acids is 1. The monoisotopic (exact) mass is 326 g/mol. The molecular weight excluding hydrogens is 315 g/mol. The standard InChI is InChI=1S/C13H12BrFN2O2/c14-7-3-10(15)9-5-12(16-11(9)4-7)13(19)17-2-1-8(18)6-17/h3-5,8,16,18H,1-2,6H2/t8-/m1/s1. The zero-order chi connectivity index (χ0) is 13.6. The minimum atomic E-state index is -0.459. The fourth-order valence-corrected chi connectivity index (χ4v) is 2.80. The summed E-state index contributed by atoms with van der Waals surface area (Å²) in [4.78, 5) is 16.7. The number of benzene rings is 1. The van der Waals surface area contributed by atoms with Gasteiger partial charge in [-0.2, -0.15) is 0 Å². The molecule has 1 fully saturated rings. The van der Waals surface area contributed by atoms with Gasteiger partial charge in [0.25, 0.3) is 5.91 Å². The van der Waals surface area contributed by atoms with Gasteiger partial charge in [-0.05, 0) is 24.6 Å². The van der Waals surface area contributed by atoms with Crippen LogP contribution in [0.1, 0.15) is 16.9 Å². The van der Waals surface area contributed by atoms with Crippen LogP contribution in [0.4, 0.5) is 4.39 Å². The minimum Gasteiger partial charge on any atom is -0.391 e. The second-order valence-electron chi connectivity index (χ2n) is 4.73. The number of halogens is 2. The highest BCUT2D eigenvalue weighted by Gasteiger charge is 2.26. The van der Waals surface area contributed by atoms with Gasteiger partial charge in [-0.1, -0.05) is 15.9 Å². The van der Waals surface area contributed by atoms with Crippen LogP contribution in [-0.4, -0.2) is 40.1 Å². The Bertz CT molecular complexity index is 655. The van der Waals surface area contributed by atoms with Crippen molar-refractivity contribution in [2.45, 2.75) is 12.5 Å². The van der Waals surface area contributed by atoms with E-state index in [-0.39, 0.29) is 11.7 Å². The van der Waals surface area contributed by atoms with Crippen LogP contribution in [0.5, 0.6) is 0 Å². The number of β-amino-alcohol motifs (C(OH)–C–C–N with tert-alkyl or cyclic N) is 1. The Hall–Kier alpha value is -1.40. The number of H-pyrrole nitrogens is 1. The van der Waals surface area contributed by atoms with Gasteiger partial charge in [0.1, 0.15) is 11.5 Å². The molecule has 0 unspecified atom stereocenters. The lowest BCUT2D eigenvalue weighted by Crippen LogP contribution is -2.29. The Balaban J connectivity index is 1.97. The van der Waals surface area contributed by atoms with E-state index in [0.717, 1.165) is 0 Å². The van der Waals surface area contributed by atoms with Crippen molar-refractivity contribution in [2.24, 2.45) is 0 Å². The van der Waals surface area contributed by atoms with Gasteiger partial charge in [-0.3, -0.25) is 4.79 Å². The van der Waals surface area contributed by atoms with Crippen LogP contribution in [0.15, 0.2) is 22.7 Å². The molecule has 1 aromatic carbocycles. The van der Waals surface area contributed by atoms with E-state index in [4.69, 9.17) is 0 Å². The third-order valence-electron chi connectivity index (χ3n) is 3.33. The molecule has 100 valence electrons. The summed E-state index contributed by atoms with van der Waals surface area (Å²) in [5.74, 6) is -0.579. The van der Waals surface area contributed by atoms with Crippen LogP contribution < -0.4 is 0 Å². The Morgan fingerprint density at radius 2 is 2.26 bits per heavy atom. The van der Waals surface area contributed by atoms with Crippen LogP contribution in [0.2, 0.25) is 0 Å². The number of nitrogens with zero attached hydrogens (tertiary/aromatic N) is 1. The summed E-state index contributed by atoms with van der Waals surface area (Å²) < 4.78 is 14.4. The number of aliphatic hydroxyl groups is 1. The number of nitrogens with one attached hydrogen (secondary N) is 1. The Kier molecular flexibility index (Phi) is 3.06. The van der Waals surface area contributed by atoms with E-state index in [1.165, 1.54) is 12.1 Å². The maximum Gasteiger partial charge on any atom is 0.270 e. The fraction of sp³-hybridized carbons (Fsp3) is 0.308. The van der Waals surface area contributed by atoms with Crippen LogP contribution in [0.25, 0.3) is 10.9 Å². The molecular formula is C13H12BrFN2O2. The van der Waals surface area contributed by atoms with E-state index in [2.05, 4.69) is 20.9 Å². The molecule has 2 N–H and O–H groups in total. The van der Waals surface area contributed by atoms with Gasteiger partial charge >= 0.3 is 0 Å². The van der Waals surface area contributed by atoms with Crippen molar-refractivity contribution < 1.29 is 14.3 Å². The number of amides is 1. The van der Waals surface area contributed by atoms with Crippen LogP contribution in [-0.2, 0) is 0 Å². The van der Waals surface area contributed by atoms with E-state index < -0.39 is 6.10 Å². The first kappa shape index (κ1) is 12.6. The van der Waals surface area contributed by atoms with Crippen LogP contribution in [0.3, 0.4) is 0 Å². The first-order valence-electron chi connectivity index (χ1n) is 5.99. The average Bonchev–Trinajstić information content (AvgIpc) is 2.94. The highest BCUT2D eigenvalue weighted by atomic mass is 79.9. The fourth-order valence-electron chi connectivity index (χ4n) is 2.37. The normalized spacial score (nSPS) is 19.3. The largest absolute Gasteiger partial charge is 0.391 e. The van der Waals surface area contributed by atoms with Gasteiger partial charge in [0, 0.05) is 22.9 Å². The van der Waals surface area contributed by atoms with Crippen LogP contribution in [0, 0.1) is 5.82 Å². The second kappa shape index (κ2) is 4.61. The molecule has 3 rings (SSSR count). The molecule has 2 aromatic rings. The van der Waals surface area contributed by atoms with Gasteiger partial charge in [0.2, 0.25) is 0 Å². The van der Waals surface area contributed by atoms with Crippen molar-refractivity contribution in [3.63, 3.8) is 0 Å². The summed E-state index contributed by atoms with van der Waals surface area (Å²) in [6.07, 6.45) is 0.130. The topological polar surface area (TPSA) is 56.3 Å². The molecule has 1 saturated heterocycles. The molecule has 2 heterocycles. The molecule has 4 nitrogen and oxygen atoms in total. The number of aromatic amines is 1. The summed E-state index contributed by atoms with van der Waals surface area (Å²) in [5.41, 5.74) is 0.927.